The average molecular weight is 387 g/mol. The number of nitrogens with one attached hydrogen (secondary N) is 1. The van der Waals surface area contributed by atoms with E-state index in [1.807, 2.05) is 59.2 Å². The van der Waals surface area contributed by atoms with E-state index in [2.05, 4.69) is 10.3 Å². The Morgan fingerprint density at radius 3 is 2.66 bits per heavy atom. The van der Waals surface area contributed by atoms with Crippen molar-refractivity contribution in [3.05, 3.63) is 84.7 Å². The van der Waals surface area contributed by atoms with E-state index >= 15 is 0 Å². The van der Waals surface area contributed by atoms with E-state index in [-0.39, 0.29) is 5.91 Å². The van der Waals surface area contributed by atoms with Crippen LogP contribution in [0.1, 0.15) is 10.4 Å². The Hall–Kier alpha value is -3.64. The van der Waals surface area contributed by atoms with E-state index in [4.69, 9.17) is 9.47 Å². The fourth-order valence-corrected chi connectivity index (χ4v) is 3.05. The molecule has 4 aromatic rings. The van der Waals surface area contributed by atoms with Crippen molar-refractivity contribution < 1.29 is 14.3 Å². The number of imidazole rings is 1. The minimum absolute atomic E-state index is 0.180. The lowest BCUT2D eigenvalue weighted by molar-refractivity contribution is 0.102. The molecule has 0 saturated heterocycles. The maximum atomic E-state index is 12.6. The number of para-hydroxylation sites is 2. The number of nitrogens with zero attached hydrogens (tertiary/aromatic N) is 2. The summed E-state index contributed by atoms with van der Waals surface area (Å²) in [5, 5.41) is 2.90. The van der Waals surface area contributed by atoms with Gasteiger partial charge in [0.25, 0.3) is 5.91 Å². The fourth-order valence-electron chi connectivity index (χ4n) is 3.05. The third kappa shape index (κ3) is 4.28. The summed E-state index contributed by atoms with van der Waals surface area (Å²) >= 11 is 0. The molecule has 1 heterocycles. The predicted molar refractivity (Wildman–Crippen MR) is 113 cm³/mol. The van der Waals surface area contributed by atoms with Crippen LogP contribution in [0.5, 0.6) is 5.75 Å². The van der Waals surface area contributed by atoms with Crippen molar-refractivity contribution in [3.63, 3.8) is 0 Å². The van der Waals surface area contributed by atoms with Gasteiger partial charge in [0.2, 0.25) is 0 Å². The molecule has 1 N–H and O–H groups in total. The summed E-state index contributed by atoms with van der Waals surface area (Å²) in [6, 6.07) is 22.7. The SMILES string of the molecule is COCCOc1cccc(NC(=O)c2ccc(-n3cnc4ccccc43)cc2)c1. The molecule has 0 atom stereocenters. The van der Waals surface area contributed by atoms with Crippen LogP contribution in [0.2, 0.25) is 0 Å². The second kappa shape index (κ2) is 8.58. The predicted octanol–water partition coefficient (Wildman–Crippen LogP) is 4.30. The summed E-state index contributed by atoms with van der Waals surface area (Å²) in [6.07, 6.45) is 1.79. The molecule has 3 aromatic carbocycles. The zero-order valence-electron chi connectivity index (χ0n) is 16.0. The number of rotatable bonds is 7. The molecule has 6 nitrogen and oxygen atoms in total. The Morgan fingerprint density at radius 1 is 1.00 bits per heavy atom. The lowest BCUT2D eigenvalue weighted by Gasteiger charge is -2.10. The highest BCUT2D eigenvalue weighted by atomic mass is 16.5. The Labute approximate surface area is 168 Å². The van der Waals surface area contributed by atoms with Crippen molar-refractivity contribution >= 4 is 22.6 Å². The first-order chi connectivity index (χ1) is 14.2. The number of benzene rings is 3. The van der Waals surface area contributed by atoms with Crippen molar-refractivity contribution in [1.82, 2.24) is 9.55 Å². The number of ether oxygens (including phenoxy) is 2. The number of anilines is 1. The molecule has 1 aromatic heterocycles. The van der Waals surface area contributed by atoms with Gasteiger partial charge < -0.3 is 14.8 Å². The van der Waals surface area contributed by atoms with Crippen LogP contribution in [0, 0.1) is 0 Å². The van der Waals surface area contributed by atoms with E-state index in [0.717, 1.165) is 16.7 Å². The maximum absolute atomic E-state index is 12.6. The Kier molecular flexibility index (Phi) is 5.54. The molecule has 146 valence electrons. The van der Waals surface area contributed by atoms with Crippen LogP contribution in [0.4, 0.5) is 5.69 Å². The first-order valence-corrected chi connectivity index (χ1v) is 9.30. The second-order valence-corrected chi connectivity index (χ2v) is 6.47. The van der Waals surface area contributed by atoms with Crippen LogP contribution in [0.25, 0.3) is 16.7 Å². The number of fused-ring (bicyclic) bond motifs is 1. The number of methoxy groups -OCH3 is 1. The highest BCUT2D eigenvalue weighted by Crippen LogP contribution is 2.20. The second-order valence-electron chi connectivity index (χ2n) is 6.47. The molecule has 29 heavy (non-hydrogen) atoms. The summed E-state index contributed by atoms with van der Waals surface area (Å²) in [5.41, 5.74) is 4.15. The molecule has 0 saturated carbocycles. The molecule has 6 heteroatoms. The monoisotopic (exact) mass is 387 g/mol. The van der Waals surface area contributed by atoms with Gasteiger partial charge in [-0.25, -0.2) is 4.98 Å². The van der Waals surface area contributed by atoms with Crippen molar-refractivity contribution in [3.8, 4) is 11.4 Å². The minimum atomic E-state index is -0.180. The standard InChI is InChI=1S/C23H21N3O3/c1-28-13-14-29-20-6-4-5-18(15-20)25-23(27)17-9-11-19(12-10-17)26-16-24-21-7-2-3-8-22(21)26/h2-12,15-16H,13-14H2,1H3,(H,25,27). The molecular weight excluding hydrogens is 366 g/mol. The summed E-state index contributed by atoms with van der Waals surface area (Å²) in [7, 11) is 1.63. The molecule has 0 spiro atoms. The number of aromatic nitrogens is 2. The third-order valence-electron chi connectivity index (χ3n) is 4.51. The van der Waals surface area contributed by atoms with E-state index < -0.39 is 0 Å². The molecule has 0 aliphatic rings. The van der Waals surface area contributed by atoms with Gasteiger partial charge in [-0.2, -0.15) is 0 Å². The number of amides is 1. The molecular formula is C23H21N3O3. The molecule has 0 aliphatic carbocycles. The van der Waals surface area contributed by atoms with Crippen LogP contribution in [0.15, 0.2) is 79.1 Å². The largest absolute Gasteiger partial charge is 0.491 e. The van der Waals surface area contributed by atoms with Crippen LogP contribution in [0.3, 0.4) is 0 Å². The van der Waals surface area contributed by atoms with Gasteiger partial charge in [-0.1, -0.05) is 18.2 Å². The fraction of sp³-hybridized carbons (Fsp3) is 0.130. The quantitative estimate of drug-likeness (QED) is 0.480. The van der Waals surface area contributed by atoms with Gasteiger partial charge in [0.15, 0.2) is 0 Å². The molecule has 0 radical (unpaired) electrons. The van der Waals surface area contributed by atoms with Gasteiger partial charge in [-0.05, 0) is 48.5 Å². The normalized spacial score (nSPS) is 10.8. The number of carbonyl (C=O) groups excluding carboxylic acids is 1. The van der Waals surface area contributed by atoms with E-state index in [1.54, 1.807) is 31.6 Å². The zero-order chi connectivity index (χ0) is 20.1. The summed E-state index contributed by atoms with van der Waals surface area (Å²) in [6.45, 7) is 0.966. The molecule has 1 amide bonds. The summed E-state index contributed by atoms with van der Waals surface area (Å²) in [4.78, 5) is 17.0. The highest BCUT2D eigenvalue weighted by molar-refractivity contribution is 6.04. The third-order valence-corrected chi connectivity index (χ3v) is 4.51. The van der Waals surface area contributed by atoms with Crippen LogP contribution >= 0.6 is 0 Å². The van der Waals surface area contributed by atoms with Gasteiger partial charge in [-0.15, -0.1) is 0 Å². The Bertz CT molecular complexity index is 1120. The summed E-state index contributed by atoms with van der Waals surface area (Å²) < 4.78 is 12.6. The van der Waals surface area contributed by atoms with Crippen molar-refractivity contribution in [2.45, 2.75) is 0 Å². The topological polar surface area (TPSA) is 65.4 Å². The first-order valence-electron chi connectivity index (χ1n) is 9.30. The van der Waals surface area contributed by atoms with Gasteiger partial charge in [0.05, 0.1) is 17.6 Å². The first kappa shape index (κ1) is 18.7. The molecule has 0 aliphatic heterocycles. The summed E-state index contributed by atoms with van der Waals surface area (Å²) in [5.74, 6) is 0.503. The Morgan fingerprint density at radius 2 is 1.83 bits per heavy atom. The highest BCUT2D eigenvalue weighted by Gasteiger charge is 2.09. The molecule has 0 bridgehead atoms. The minimum Gasteiger partial charge on any atom is -0.491 e. The van der Waals surface area contributed by atoms with Crippen LogP contribution < -0.4 is 10.1 Å². The number of hydrogen-bond acceptors (Lipinski definition) is 4. The van der Waals surface area contributed by atoms with Crippen molar-refractivity contribution in [1.29, 1.82) is 0 Å². The van der Waals surface area contributed by atoms with Gasteiger partial charge in [-0.3, -0.25) is 9.36 Å². The molecule has 4 rings (SSSR count). The van der Waals surface area contributed by atoms with Crippen LogP contribution in [-0.2, 0) is 4.74 Å². The maximum Gasteiger partial charge on any atom is 0.255 e. The van der Waals surface area contributed by atoms with Crippen molar-refractivity contribution in [2.75, 3.05) is 25.6 Å². The smallest absolute Gasteiger partial charge is 0.255 e. The lowest BCUT2D eigenvalue weighted by atomic mass is 10.2. The average Bonchev–Trinajstić information content (AvgIpc) is 3.18. The number of carbonyl (C=O) groups is 1. The van der Waals surface area contributed by atoms with Gasteiger partial charge in [0.1, 0.15) is 18.7 Å². The Balaban J connectivity index is 1.47. The van der Waals surface area contributed by atoms with E-state index in [1.165, 1.54) is 0 Å². The lowest BCUT2D eigenvalue weighted by Crippen LogP contribution is -2.12. The number of hydrogen-bond donors (Lipinski definition) is 1. The van der Waals surface area contributed by atoms with Gasteiger partial charge >= 0.3 is 0 Å². The van der Waals surface area contributed by atoms with Gasteiger partial charge in [0, 0.05) is 30.1 Å². The van der Waals surface area contributed by atoms with E-state index in [0.29, 0.717) is 30.2 Å². The van der Waals surface area contributed by atoms with Crippen molar-refractivity contribution in [2.24, 2.45) is 0 Å². The van der Waals surface area contributed by atoms with Crippen LogP contribution in [-0.4, -0.2) is 35.8 Å². The molecule has 0 fully saturated rings. The zero-order valence-corrected chi connectivity index (χ0v) is 16.0. The molecule has 0 unspecified atom stereocenters. The van der Waals surface area contributed by atoms with E-state index in [9.17, 15) is 4.79 Å².